The van der Waals surface area contributed by atoms with Crippen LogP contribution in [0.15, 0.2) is 0 Å². The van der Waals surface area contributed by atoms with Crippen LogP contribution in [0.3, 0.4) is 0 Å². The molecule has 0 spiro atoms. The van der Waals surface area contributed by atoms with E-state index in [1.54, 1.807) is 0 Å². The highest BCUT2D eigenvalue weighted by atomic mass is 16.4. The van der Waals surface area contributed by atoms with Gasteiger partial charge in [0.15, 0.2) is 0 Å². The summed E-state index contributed by atoms with van der Waals surface area (Å²) in [6.07, 6.45) is 1.05. The van der Waals surface area contributed by atoms with E-state index < -0.39 is 23.3 Å². The number of nitrogens with zero attached hydrogens (tertiary/aromatic N) is 3. The number of aliphatic hydroxyl groups excluding tert-OH is 3. The molecule has 0 saturated carbocycles. The van der Waals surface area contributed by atoms with E-state index in [9.17, 15) is 14.4 Å². The standard InChI is InChI=1S/3C7H17N3O2.C6H14O3/c3*8-2-5-10(6-3-9)4-1-7(11)12;1-2-6(3-7,4-8)5-9/h3*1-6,8-9H2,(H,11,12);7-9H,2-5H2,1H3. The number of nitrogens with two attached hydrogens (primary N) is 6. The van der Waals surface area contributed by atoms with Crippen LogP contribution in [0, 0.1) is 5.41 Å². The molecule has 0 aliphatic carbocycles. The SMILES string of the molecule is CCC(CO)(CO)CO.NCCN(CCN)CCC(=O)O.NCCN(CCN)CCC(=O)O.NCCN(CCN)CCC(=O)O. The molecule has 0 aliphatic rings. The first-order chi connectivity index (χ1) is 21.3. The predicted octanol–water partition coefficient (Wildman–Crippen LogP) is -4.60. The molecule has 0 atom stereocenters. The van der Waals surface area contributed by atoms with E-state index in [1.165, 1.54) is 0 Å². The summed E-state index contributed by atoms with van der Waals surface area (Å²) in [7, 11) is 0. The average Bonchev–Trinajstić information content (AvgIpc) is 3.00. The van der Waals surface area contributed by atoms with Crippen LogP contribution in [0.2, 0.25) is 0 Å². The zero-order valence-corrected chi connectivity index (χ0v) is 27.3. The molecule has 0 fully saturated rings. The molecule has 0 aliphatic heterocycles. The normalized spacial score (nSPS) is 10.9. The minimum Gasteiger partial charge on any atom is -0.481 e. The summed E-state index contributed by atoms with van der Waals surface area (Å²) in [6, 6.07) is 0. The molecule has 0 saturated heterocycles. The molecule has 0 heterocycles. The molecule has 0 aromatic heterocycles. The third kappa shape index (κ3) is 36.3. The monoisotopic (exact) mass is 659 g/mol. The van der Waals surface area contributed by atoms with E-state index in [4.69, 9.17) is 65.0 Å². The van der Waals surface area contributed by atoms with Gasteiger partial charge in [-0.25, -0.2) is 0 Å². The first-order valence-electron chi connectivity index (χ1n) is 15.2. The van der Waals surface area contributed by atoms with Crippen molar-refractivity contribution in [3.63, 3.8) is 0 Å². The Morgan fingerprint density at radius 1 is 0.467 bits per heavy atom. The van der Waals surface area contributed by atoms with Crippen molar-refractivity contribution < 1.29 is 45.0 Å². The third-order valence-corrected chi connectivity index (χ3v) is 6.35. The number of carboxylic acids is 3. The zero-order valence-electron chi connectivity index (χ0n) is 27.3. The van der Waals surface area contributed by atoms with Gasteiger partial charge in [0.2, 0.25) is 0 Å². The second-order valence-electron chi connectivity index (χ2n) is 10.0. The Bertz CT molecular complexity index is 573. The molecule has 0 aromatic rings. The summed E-state index contributed by atoms with van der Waals surface area (Å²) >= 11 is 0. The van der Waals surface area contributed by atoms with Crippen molar-refractivity contribution in [3.8, 4) is 0 Å². The molecular formula is C27H65N9O9. The van der Waals surface area contributed by atoms with Crippen molar-refractivity contribution in [3.05, 3.63) is 0 Å². The van der Waals surface area contributed by atoms with E-state index in [2.05, 4.69) is 0 Å². The lowest BCUT2D eigenvalue weighted by atomic mass is 9.88. The van der Waals surface area contributed by atoms with Gasteiger partial charge in [0.1, 0.15) is 0 Å². The van der Waals surface area contributed by atoms with E-state index >= 15 is 0 Å². The van der Waals surface area contributed by atoms with Crippen molar-refractivity contribution in [2.75, 3.05) is 118 Å². The summed E-state index contributed by atoms with van der Waals surface area (Å²) in [4.78, 5) is 36.5. The number of hydrogen-bond donors (Lipinski definition) is 12. The van der Waals surface area contributed by atoms with Gasteiger partial charge < -0.3 is 79.7 Å². The van der Waals surface area contributed by atoms with Gasteiger partial charge in [-0.2, -0.15) is 0 Å². The molecule has 45 heavy (non-hydrogen) atoms. The Morgan fingerprint density at radius 2 is 0.667 bits per heavy atom. The van der Waals surface area contributed by atoms with Gasteiger partial charge in [0.05, 0.1) is 39.1 Å². The minimum absolute atomic E-state index is 0.153. The highest BCUT2D eigenvalue weighted by Crippen LogP contribution is 2.18. The van der Waals surface area contributed by atoms with Crippen molar-refractivity contribution >= 4 is 17.9 Å². The van der Waals surface area contributed by atoms with Crippen LogP contribution < -0.4 is 34.4 Å². The second-order valence-corrected chi connectivity index (χ2v) is 10.0. The first kappa shape index (κ1) is 49.8. The van der Waals surface area contributed by atoms with Crippen LogP contribution in [-0.4, -0.2) is 181 Å². The molecule has 18 N–H and O–H groups in total. The molecule has 18 nitrogen and oxygen atoms in total. The van der Waals surface area contributed by atoms with Crippen LogP contribution >= 0.6 is 0 Å². The molecule has 0 radical (unpaired) electrons. The van der Waals surface area contributed by atoms with Crippen LogP contribution in [-0.2, 0) is 14.4 Å². The molecule has 0 amide bonds. The van der Waals surface area contributed by atoms with Crippen LogP contribution in [0.5, 0.6) is 0 Å². The molecule has 0 unspecified atom stereocenters. The van der Waals surface area contributed by atoms with Crippen molar-refractivity contribution in [1.82, 2.24) is 14.7 Å². The maximum Gasteiger partial charge on any atom is 0.304 e. The second kappa shape index (κ2) is 36.4. The smallest absolute Gasteiger partial charge is 0.304 e. The lowest BCUT2D eigenvalue weighted by Gasteiger charge is -2.24. The molecule has 0 aromatic carbocycles. The molecule has 0 rings (SSSR count). The van der Waals surface area contributed by atoms with Crippen molar-refractivity contribution in [2.24, 2.45) is 39.8 Å². The highest BCUT2D eigenvalue weighted by molar-refractivity contribution is 5.67. The number of hydrogen-bond acceptors (Lipinski definition) is 15. The van der Waals surface area contributed by atoms with E-state index in [1.807, 2.05) is 21.6 Å². The number of carboxylic acid groups (broad SMARTS) is 3. The fourth-order valence-electron chi connectivity index (χ4n) is 3.35. The summed E-state index contributed by atoms with van der Waals surface area (Å²) in [5, 5.41) is 51.2. The largest absolute Gasteiger partial charge is 0.481 e. The van der Waals surface area contributed by atoms with Crippen LogP contribution in [0.4, 0.5) is 0 Å². The van der Waals surface area contributed by atoms with Crippen molar-refractivity contribution in [2.45, 2.75) is 32.6 Å². The Kier molecular flexibility index (Phi) is 40.3. The Hall–Kier alpha value is -2.07. The van der Waals surface area contributed by atoms with Crippen LogP contribution in [0.25, 0.3) is 0 Å². The molecular weight excluding hydrogens is 594 g/mol. The number of aliphatic hydroxyl groups is 3. The minimum atomic E-state index is -0.783. The maximum atomic E-state index is 10.2. The van der Waals surface area contributed by atoms with Gasteiger partial charge in [0, 0.05) is 104 Å². The van der Waals surface area contributed by atoms with Gasteiger partial charge in [-0.1, -0.05) is 6.92 Å². The average molecular weight is 660 g/mol. The topological polar surface area (TPSA) is 338 Å². The summed E-state index contributed by atoms with van der Waals surface area (Å²) < 4.78 is 0. The van der Waals surface area contributed by atoms with Gasteiger partial charge >= 0.3 is 17.9 Å². The van der Waals surface area contributed by atoms with Gasteiger partial charge in [0.25, 0.3) is 0 Å². The fourth-order valence-corrected chi connectivity index (χ4v) is 3.35. The van der Waals surface area contributed by atoms with Gasteiger partial charge in [-0.05, 0) is 6.42 Å². The lowest BCUT2D eigenvalue weighted by Crippen LogP contribution is -2.35. The van der Waals surface area contributed by atoms with Crippen LogP contribution in [0.1, 0.15) is 32.6 Å². The molecule has 18 heteroatoms. The molecule has 0 bridgehead atoms. The predicted molar refractivity (Wildman–Crippen MR) is 174 cm³/mol. The number of carbonyl (C=O) groups is 3. The summed E-state index contributed by atoms with van der Waals surface area (Å²) in [5.74, 6) is -2.35. The number of rotatable bonds is 25. The zero-order chi connectivity index (χ0) is 35.5. The maximum absolute atomic E-state index is 10.2. The third-order valence-electron chi connectivity index (χ3n) is 6.35. The highest BCUT2D eigenvalue weighted by Gasteiger charge is 2.24. The Morgan fingerprint density at radius 3 is 0.756 bits per heavy atom. The lowest BCUT2D eigenvalue weighted by molar-refractivity contribution is -0.138. The fraction of sp³-hybridized carbons (Fsp3) is 0.889. The van der Waals surface area contributed by atoms with E-state index in [0.717, 1.165) is 0 Å². The van der Waals surface area contributed by atoms with Gasteiger partial charge in [-0.3, -0.25) is 14.4 Å². The van der Waals surface area contributed by atoms with E-state index in [-0.39, 0.29) is 39.1 Å². The summed E-state index contributed by atoms with van der Waals surface area (Å²) in [5.41, 5.74) is 31.4. The first-order valence-corrected chi connectivity index (χ1v) is 15.2. The molecule has 272 valence electrons. The van der Waals surface area contributed by atoms with E-state index in [0.29, 0.717) is 105 Å². The Balaban J connectivity index is -0.000000251. The van der Waals surface area contributed by atoms with Crippen molar-refractivity contribution in [1.29, 1.82) is 0 Å². The van der Waals surface area contributed by atoms with Gasteiger partial charge in [-0.15, -0.1) is 0 Å². The number of aliphatic carboxylic acids is 3. The summed E-state index contributed by atoms with van der Waals surface area (Å²) in [6.45, 7) is 10.5. The Labute approximate surface area is 268 Å². The quantitative estimate of drug-likeness (QED) is 0.0438.